The SMILES string of the molecule is CCOc1ccc2oc(N3CCOCC3)cc(=O)c2c1. The van der Waals surface area contributed by atoms with Crippen molar-refractivity contribution in [2.75, 3.05) is 37.8 Å². The van der Waals surface area contributed by atoms with Crippen LogP contribution in [-0.4, -0.2) is 32.9 Å². The van der Waals surface area contributed by atoms with Gasteiger partial charge in [-0.1, -0.05) is 0 Å². The largest absolute Gasteiger partial charge is 0.494 e. The Bertz CT molecular complexity index is 658. The van der Waals surface area contributed by atoms with Crippen molar-refractivity contribution in [3.8, 4) is 5.75 Å². The first-order valence-corrected chi connectivity index (χ1v) is 6.81. The summed E-state index contributed by atoms with van der Waals surface area (Å²) in [5.74, 6) is 1.29. The van der Waals surface area contributed by atoms with Crippen LogP contribution >= 0.6 is 0 Å². The quantitative estimate of drug-likeness (QED) is 0.858. The van der Waals surface area contributed by atoms with Crippen LogP contribution in [0.5, 0.6) is 5.75 Å². The third-order valence-electron chi connectivity index (χ3n) is 3.32. The van der Waals surface area contributed by atoms with Gasteiger partial charge in [-0.15, -0.1) is 0 Å². The number of nitrogens with zero attached hydrogens (tertiary/aromatic N) is 1. The minimum Gasteiger partial charge on any atom is -0.494 e. The molecule has 1 aromatic heterocycles. The number of morpholine rings is 1. The molecule has 0 bridgehead atoms. The summed E-state index contributed by atoms with van der Waals surface area (Å²) in [6, 6.07) is 6.88. The molecule has 0 unspecified atom stereocenters. The predicted molar refractivity (Wildman–Crippen MR) is 76.7 cm³/mol. The Balaban J connectivity index is 2.01. The van der Waals surface area contributed by atoms with Gasteiger partial charge in [-0.3, -0.25) is 4.79 Å². The van der Waals surface area contributed by atoms with Crippen LogP contribution in [-0.2, 0) is 4.74 Å². The summed E-state index contributed by atoms with van der Waals surface area (Å²) in [6.07, 6.45) is 0. The van der Waals surface area contributed by atoms with Gasteiger partial charge < -0.3 is 18.8 Å². The fraction of sp³-hybridized carbons (Fsp3) is 0.400. The van der Waals surface area contributed by atoms with Crippen molar-refractivity contribution in [2.45, 2.75) is 6.92 Å². The molecule has 2 heterocycles. The zero-order valence-electron chi connectivity index (χ0n) is 11.4. The van der Waals surface area contributed by atoms with E-state index in [0.29, 0.717) is 42.4 Å². The highest BCUT2D eigenvalue weighted by atomic mass is 16.5. The van der Waals surface area contributed by atoms with Gasteiger partial charge in [-0.25, -0.2) is 0 Å². The Morgan fingerprint density at radius 1 is 1.25 bits per heavy atom. The Morgan fingerprint density at radius 2 is 2.05 bits per heavy atom. The van der Waals surface area contributed by atoms with Crippen molar-refractivity contribution in [1.82, 2.24) is 0 Å². The molecular weight excluding hydrogens is 258 g/mol. The number of rotatable bonds is 3. The summed E-state index contributed by atoms with van der Waals surface area (Å²) < 4.78 is 16.5. The molecule has 20 heavy (non-hydrogen) atoms. The van der Waals surface area contributed by atoms with Crippen LogP contribution in [0.1, 0.15) is 6.92 Å². The molecule has 0 amide bonds. The van der Waals surface area contributed by atoms with Crippen LogP contribution in [0.3, 0.4) is 0 Å². The van der Waals surface area contributed by atoms with Gasteiger partial charge >= 0.3 is 0 Å². The summed E-state index contributed by atoms with van der Waals surface area (Å²) in [4.78, 5) is 14.3. The number of anilines is 1. The third-order valence-corrected chi connectivity index (χ3v) is 3.32. The van der Waals surface area contributed by atoms with E-state index in [-0.39, 0.29) is 5.43 Å². The molecule has 0 saturated carbocycles. The maximum atomic E-state index is 12.2. The van der Waals surface area contributed by atoms with Crippen molar-refractivity contribution in [1.29, 1.82) is 0 Å². The van der Waals surface area contributed by atoms with Gasteiger partial charge in [0.2, 0.25) is 0 Å². The lowest BCUT2D eigenvalue weighted by molar-refractivity contribution is 0.121. The Morgan fingerprint density at radius 3 is 2.80 bits per heavy atom. The number of hydrogen-bond acceptors (Lipinski definition) is 5. The molecule has 1 aromatic carbocycles. The fourth-order valence-electron chi connectivity index (χ4n) is 2.32. The molecule has 0 radical (unpaired) electrons. The van der Waals surface area contributed by atoms with Gasteiger partial charge in [0.1, 0.15) is 11.3 Å². The van der Waals surface area contributed by atoms with Gasteiger partial charge in [0.25, 0.3) is 0 Å². The Labute approximate surface area is 116 Å². The van der Waals surface area contributed by atoms with E-state index in [1.165, 1.54) is 0 Å². The molecule has 1 aliphatic rings. The van der Waals surface area contributed by atoms with Crippen LogP contribution in [0.15, 0.2) is 33.5 Å². The molecule has 0 atom stereocenters. The summed E-state index contributed by atoms with van der Waals surface area (Å²) in [7, 11) is 0. The van der Waals surface area contributed by atoms with Crippen molar-refractivity contribution >= 4 is 16.9 Å². The van der Waals surface area contributed by atoms with Crippen LogP contribution < -0.4 is 15.1 Å². The van der Waals surface area contributed by atoms with E-state index < -0.39 is 0 Å². The minimum atomic E-state index is -0.0469. The molecule has 1 aliphatic heterocycles. The second-order valence-corrected chi connectivity index (χ2v) is 4.64. The van der Waals surface area contributed by atoms with Crippen LogP contribution in [0.4, 0.5) is 5.88 Å². The lowest BCUT2D eigenvalue weighted by atomic mass is 10.2. The van der Waals surface area contributed by atoms with Crippen LogP contribution in [0.2, 0.25) is 0 Å². The smallest absolute Gasteiger partial charge is 0.200 e. The highest BCUT2D eigenvalue weighted by molar-refractivity contribution is 5.79. The van der Waals surface area contributed by atoms with Crippen molar-refractivity contribution in [2.24, 2.45) is 0 Å². The minimum absolute atomic E-state index is 0.0469. The molecule has 106 valence electrons. The van der Waals surface area contributed by atoms with E-state index in [1.807, 2.05) is 17.9 Å². The van der Waals surface area contributed by atoms with E-state index >= 15 is 0 Å². The first kappa shape index (κ1) is 13.0. The van der Waals surface area contributed by atoms with Crippen LogP contribution in [0.25, 0.3) is 11.0 Å². The molecule has 2 aromatic rings. The van der Waals surface area contributed by atoms with Gasteiger partial charge in [0.15, 0.2) is 11.3 Å². The molecule has 1 fully saturated rings. The topological polar surface area (TPSA) is 51.9 Å². The molecule has 3 rings (SSSR count). The van der Waals surface area contributed by atoms with E-state index in [0.717, 1.165) is 13.1 Å². The van der Waals surface area contributed by atoms with Crippen molar-refractivity contribution in [3.05, 3.63) is 34.5 Å². The second-order valence-electron chi connectivity index (χ2n) is 4.64. The third kappa shape index (κ3) is 2.49. The molecule has 1 saturated heterocycles. The summed E-state index contributed by atoms with van der Waals surface area (Å²) >= 11 is 0. The van der Waals surface area contributed by atoms with Crippen molar-refractivity contribution in [3.63, 3.8) is 0 Å². The maximum Gasteiger partial charge on any atom is 0.200 e. The van der Waals surface area contributed by atoms with Gasteiger partial charge in [0, 0.05) is 19.2 Å². The fourth-order valence-corrected chi connectivity index (χ4v) is 2.32. The highest BCUT2D eigenvalue weighted by Gasteiger charge is 2.15. The molecular formula is C15H17NO4. The van der Waals surface area contributed by atoms with Gasteiger partial charge in [-0.2, -0.15) is 0 Å². The van der Waals surface area contributed by atoms with Gasteiger partial charge in [0.05, 0.1) is 25.2 Å². The normalized spacial score (nSPS) is 15.6. The molecule has 0 aliphatic carbocycles. The monoisotopic (exact) mass is 275 g/mol. The Hall–Kier alpha value is -2.01. The zero-order chi connectivity index (χ0) is 13.9. The maximum absolute atomic E-state index is 12.2. The highest BCUT2D eigenvalue weighted by Crippen LogP contribution is 2.23. The Kier molecular flexibility index (Phi) is 3.60. The summed E-state index contributed by atoms with van der Waals surface area (Å²) in [6.45, 7) is 5.28. The molecule has 5 heteroatoms. The van der Waals surface area contributed by atoms with Gasteiger partial charge in [-0.05, 0) is 25.1 Å². The standard InChI is InChI=1S/C15H17NO4/c1-2-19-11-3-4-14-12(9-11)13(17)10-15(20-14)16-5-7-18-8-6-16/h3-4,9-10H,2,5-8H2,1H3. The lowest BCUT2D eigenvalue weighted by Crippen LogP contribution is -2.36. The first-order valence-electron chi connectivity index (χ1n) is 6.81. The summed E-state index contributed by atoms with van der Waals surface area (Å²) in [5, 5.41) is 0.549. The summed E-state index contributed by atoms with van der Waals surface area (Å²) in [5.41, 5.74) is 0.539. The number of hydrogen-bond donors (Lipinski definition) is 0. The average Bonchev–Trinajstić information content (AvgIpc) is 2.49. The van der Waals surface area contributed by atoms with E-state index in [4.69, 9.17) is 13.9 Å². The molecule has 0 spiro atoms. The first-order chi connectivity index (χ1) is 9.78. The van der Waals surface area contributed by atoms with E-state index in [2.05, 4.69) is 0 Å². The van der Waals surface area contributed by atoms with E-state index in [1.54, 1.807) is 18.2 Å². The van der Waals surface area contributed by atoms with Crippen LogP contribution in [0, 0.1) is 0 Å². The zero-order valence-corrected chi connectivity index (χ0v) is 11.4. The molecule has 0 N–H and O–H groups in total. The number of ether oxygens (including phenoxy) is 2. The lowest BCUT2D eigenvalue weighted by Gasteiger charge is -2.27. The second kappa shape index (κ2) is 5.54. The van der Waals surface area contributed by atoms with E-state index in [9.17, 15) is 4.79 Å². The number of fused-ring (bicyclic) bond motifs is 1. The predicted octanol–water partition coefficient (Wildman–Crippen LogP) is 2.03. The average molecular weight is 275 g/mol. The number of benzene rings is 1. The molecule has 5 nitrogen and oxygen atoms in total. The van der Waals surface area contributed by atoms with Crippen molar-refractivity contribution < 1.29 is 13.9 Å².